The first-order valence-electron chi connectivity index (χ1n) is 3.96. The summed E-state index contributed by atoms with van der Waals surface area (Å²) in [6.07, 6.45) is 0. The molecule has 0 bridgehead atoms. The molecule has 2 heterocycles. The Balaban J connectivity index is 2.79. The molecule has 2 N–H and O–H groups in total. The first-order chi connectivity index (χ1) is 6.59. The number of pyridine rings is 1. The minimum Gasteiger partial charge on any atom is -0.544 e. The van der Waals surface area contributed by atoms with Crippen LogP contribution < -0.4 is 10.8 Å². The summed E-state index contributed by atoms with van der Waals surface area (Å²) in [7, 11) is 0. The summed E-state index contributed by atoms with van der Waals surface area (Å²) < 4.78 is 0. The summed E-state index contributed by atoms with van der Waals surface area (Å²) in [5.74, 6) is -1.25. The Morgan fingerprint density at radius 1 is 1.57 bits per heavy atom. The van der Waals surface area contributed by atoms with Crippen LogP contribution in [0.15, 0.2) is 12.1 Å². The fourth-order valence-corrected chi connectivity index (χ4v) is 2.22. The number of nitrogens with two attached hydrogens (primary N) is 1. The topological polar surface area (TPSA) is 79.0 Å². The predicted molar refractivity (Wildman–Crippen MR) is 53.1 cm³/mol. The van der Waals surface area contributed by atoms with E-state index in [1.807, 2.05) is 6.92 Å². The van der Waals surface area contributed by atoms with Gasteiger partial charge in [-0.05, 0) is 19.1 Å². The summed E-state index contributed by atoms with van der Waals surface area (Å²) in [4.78, 5) is 15.5. The number of aromatic carboxylic acids is 1. The number of anilines is 1. The lowest BCUT2D eigenvalue weighted by Gasteiger charge is -1.97. The highest BCUT2D eigenvalue weighted by atomic mass is 32.1. The number of nitrogen functional groups attached to an aromatic ring is 1. The molecule has 2 aromatic heterocycles. The summed E-state index contributed by atoms with van der Waals surface area (Å²) in [5.41, 5.74) is 6.72. The van der Waals surface area contributed by atoms with E-state index in [0.29, 0.717) is 10.2 Å². The number of thiophene rings is 1. The number of aromatic nitrogens is 1. The maximum atomic E-state index is 10.7. The second-order valence-corrected chi connectivity index (χ2v) is 3.94. The van der Waals surface area contributed by atoms with E-state index in [9.17, 15) is 9.90 Å². The molecule has 0 radical (unpaired) electrons. The molecule has 2 rings (SSSR count). The monoisotopic (exact) mass is 207 g/mol. The normalized spacial score (nSPS) is 10.6. The van der Waals surface area contributed by atoms with Gasteiger partial charge in [-0.1, -0.05) is 0 Å². The van der Waals surface area contributed by atoms with E-state index >= 15 is 0 Å². The molecular formula is C9H7N2O2S-. The number of hydrogen-bond donors (Lipinski definition) is 1. The summed E-state index contributed by atoms with van der Waals surface area (Å²) in [6, 6.07) is 3.57. The Kier molecular flexibility index (Phi) is 1.89. The molecule has 0 saturated heterocycles. The Morgan fingerprint density at radius 2 is 2.29 bits per heavy atom. The van der Waals surface area contributed by atoms with Crippen molar-refractivity contribution in [2.75, 3.05) is 5.73 Å². The van der Waals surface area contributed by atoms with E-state index in [4.69, 9.17) is 5.73 Å². The smallest absolute Gasteiger partial charge is 0.126 e. The largest absolute Gasteiger partial charge is 0.544 e. The summed E-state index contributed by atoms with van der Waals surface area (Å²) in [5, 5.41) is 11.3. The highest BCUT2D eigenvalue weighted by molar-refractivity contribution is 7.21. The van der Waals surface area contributed by atoms with Crippen molar-refractivity contribution >= 4 is 33.2 Å². The fourth-order valence-electron chi connectivity index (χ4n) is 1.24. The van der Waals surface area contributed by atoms with Gasteiger partial charge in [0.1, 0.15) is 4.83 Å². The maximum absolute atomic E-state index is 10.7. The molecule has 0 amide bonds. The number of carbonyl (C=O) groups excluding carboxylic acids is 1. The van der Waals surface area contributed by atoms with Crippen LogP contribution in [-0.2, 0) is 0 Å². The van der Waals surface area contributed by atoms with Crippen molar-refractivity contribution in [3.8, 4) is 0 Å². The minimum atomic E-state index is -1.25. The number of fused-ring (bicyclic) bond motifs is 1. The molecule has 0 aliphatic rings. The van der Waals surface area contributed by atoms with Gasteiger partial charge < -0.3 is 15.6 Å². The van der Waals surface area contributed by atoms with Gasteiger partial charge in [0.2, 0.25) is 0 Å². The number of rotatable bonds is 1. The molecule has 0 aliphatic carbocycles. The van der Waals surface area contributed by atoms with Crippen LogP contribution >= 0.6 is 11.3 Å². The van der Waals surface area contributed by atoms with E-state index in [0.717, 1.165) is 17.0 Å². The average Bonchev–Trinajstić information content (AvgIpc) is 2.43. The Hall–Kier alpha value is -1.62. The summed E-state index contributed by atoms with van der Waals surface area (Å²) in [6.45, 7) is 1.84. The molecule has 0 saturated carbocycles. The zero-order valence-corrected chi connectivity index (χ0v) is 8.22. The molecule has 0 spiro atoms. The first-order valence-corrected chi connectivity index (χ1v) is 4.78. The lowest BCUT2D eigenvalue weighted by atomic mass is 10.2. The number of carboxylic acid groups (broad SMARTS) is 1. The van der Waals surface area contributed by atoms with Crippen molar-refractivity contribution in [3.63, 3.8) is 0 Å². The highest BCUT2D eigenvalue weighted by Crippen LogP contribution is 2.31. The second-order valence-electron chi connectivity index (χ2n) is 2.94. The van der Waals surface area contributed by atoms with Crippen LogP contribution in [0.2, 0.25) is 0 Å². The molecule has 2 aromatic rings. The third-order valence-electron chi connectivity index (χ3n) is 1.92. The number of aryl methyl sites for hydroxylation is 1. The van der Waals surface area contributed by atoms with E-state index < -0.39 is 5.97 Å². The van der Waals surface area contributed by atoms with Gasteiger partial charge in [0, 0.05) is 11.1 Å². The van der Waals surface area contributed by atoms with Crippen LogP contribution in [0, 0.1) is 6.92 Å². The van der Waals surface area contributed by atoms with Crippen LogP contribution in [0.25, 0.3) is 10.2 Å². The van der Waals surface area contributed by atoms with Gasteiger partial charge in [-0.25, -0.2) is 4.98 Å². The Bertz CT molecular complexity index is 519. The molecule has 0 unspecified atom stereocenters. The van der Waals surface area contributed by atoms with Crippen LogP contribution in [0.3, 0.4) is 0 Å². The minimum absolute atomic E-state index is 0.0538. The first kappa shape index (κ1) is 8.96. The molecule has 14 heavy (non-hydrogen) atoms. The molecule has 0 aliphatic heterocycles. The maximum Gasteiger partial charge on any atom is 0.126 e. The highest BCUT2D eigenvalue weighted by Gasteiger charge is 2.10. The predicted octanol–water partition coefficient (Wildman–Crippen LogP) is 0.550. The molecule has 0 fully saturated rings. The Labute approximate surface area is 84.0 Å². The van der Waals surface area contributed by atoms with Crippen LogP contribution in [-0.4, -0.2) is 11.0 Å². The van der Waals surface area contributed by atoms with Crippen molar-refractivity contribution in [2.45, 2.75) is 6.92 Å². The van der Waals surface area contributed by atoms with E-state index in [1.165, 1.54) is 0 Å². The van der Waals surface area contributed by atoms with Gasteiger partial charge >= 0.3 is 0 Å². The number of nitrogens with zero attached hydrogens (tertiary/aromatic N) is 1. The van der Waals surface area contributed by atoms with Gasteiger partial charge in [-0.15, -0.1) is 11.3 Å². The molecule has 4 nitrogen and oxygen atoms in total. The zero-order chi connectivity index (χ0) is 10.3. The van der Waals surface area contributed by atoms with Gasteiger partial charge in [0.25, 0.3) is 0 Å². The van der Waals surface area contributed by atoms with Crippen molar-refractivity contribution in [3.05, 3.63) is 22.7 Å². The van der Waals surface area contributed by atoms with Gasteiger partial charge in [-0.2, -0.15) is 0 Å². The Morgan fingerprint density at radius 3 is 2.93 bits per heavy atom. The van der Waals surface area contributed by atoms with Gasteiger partial charge in [0.15, 0.2) is 0 Å². The molecule has 5 heteroatoms. The van der Waals surface area contributed by atoms with Gasteiger partial charge in [-0.3, -0.25) is 0 Å². The quantitative estimate of drug-likeness (QED) is 0.740. The average molecular weight is 207 g/mol. The van der Waals surface area contributed by atoms with Gasteiger partial charge in [0.05, 0.1) is 16.5 Å². The van der Waals surface area contributed by atoms with Crippen molar-refractivity contribution in [1.29, 1.82) is 0 Å². The van der Waals surface area contributed by atoms with Crippen LogP contribution in [0.4, 0.5) is 5.69 Å². The molecular weight excluding hydrogens is 200 g/mol. The van der Waals surface area contributed by atoms with E-state index in [2.05, 4.69) is 4.98 Å². The SMILES string of the molecule is Cc1ccc2c(N)c(C(=O)[O-])sc2n1. The standard InChI is InChI=1S/C9H8N2O2S/c1-4-2-3-5-6(10)7(9(12)13)14-8(5)11-4/h2-3H,10H2,1H3,(H,12,13)/p-1. The lowest BCUT2D eigenvalue weighted by molar-refractivity contribution is -0.254. The molecule has 0 atom stereocenters. The third kappa shape index (κ3) is 1.22. The second kappa shape index (κ2) is 2.95. The van der Waals surface area contributed by atoms with Crippen molar-refractivity contribution in [2.24, 2.45) is 0 Å². The summed E-state index contributed by atoms with van der Waals surface area (Å²) >= 11 is 1.05. The van der Waals surface area contributed by atoms with Crippen LogP contribution in [0.1, 0.15) is 15.4 Å². The number of hydrogen-bond acceptors (Lipinski definition) is 5. The zero-order valence-electron chi connectivity index (χ0n) is 7.40. The molecule has 0 aromatic carbocycles. The van der Waals surface area contributed by atoms with Crippen molar-refractivity contribution in [1.82, 2.24) is 4.98 Å². The van der Waals surface area contributed by atoms with E-state index in [-0.39, 0.29) is 10.6 Å². The fraction of sp³-hybridized carbons (Fsp3) is 0.111. The van der Waals surface area contributed by atoms with E-state index in [1.54, 1.807) is 12.1 Å². The van der Waals surface area contributed by atoms with Crippen molar-refractivity contribution < 1.29 is 9.90 Å². The number of carboxylic acids is 1. The molecule has 72 valence electrons. The van der Waals surface area contributed by atoms with Crippen LogP contribution in [0.5, 0.6) is 0 Å². The number of carbonyl (C=O) groups is 1. The third-order valence-corrected chi connectivity index (χ3v) is 3.01. The lowest BCUT2D eigenvalue weighted by Crippen LogP contribution is -2.21.